The first-order valence-corrected chi connectivity index (χ1v) is 11.6. The van der Waals surface area contributed by atoms with Crippen LogP contribution in [0.2, 0.25) is 0 Å². The highest BCUT2D eigenvalue weighted by Crippen LogP contribution is 2.32. The van der Waals surface area contributed by atoms with E-state index in [9.17, 15) is 4.79 Å². The van der Waals surface area contributed by atoms with Crippen molar-refractivity contribution in [2.45, 2.75) is 58.5 Å². The van der Waals surface area contributed by atoms with Gasteiger partial charge in [0, 0.05) is 32.8 Å². The molecule has 1 aliphatic carbocycles. The Morgan fingerprint density at radius 2 is 1.97 bits per heavy atom. The third-order valence-electron chi connectivity index (χ3n) is 5.95. The van der Waals surface area contributed by atoms with Gasteiger partial charge in [-0.1, -0.05) is 24.3 Å². The number of fused-ring (bicyclic) bond motifs is 1. The van der Waals surface area contributed by atoms with Gasteiger partial charge in [0.25, 0.3) is 0 Å². The molecule has 0 amide bonds. The van der Waals surface area contributed by atoms with Crippen LogP contribution in [0.4, 0.5) is 0 Å². The molecule has 0 saturated carbocycles. The summed E-state index contributed by atoms with van der Waals surface area (Å²) < 4.78 is 11.4. The fourth-order valence-electron chi connectivity index (χ4n) is 4.37. The molecule has 3 rings (SSSR count). The van der Waals surface area contributed by atoms with Crippen molar-refractivity contribution in [1.82, 2.24) is 10.2 Å². The quantitative estimate of drug-likeness (QED) is 0.174. The molecule has 1 unspecified atom stereocenters. The number of aliphatic imine (C=N–C) groups is 1. The molecule has 174 valence electrons. The molecule has 6 nitrogen and oxygen atoms in total. The van der Waals surface area contributed by atoms with E-state index in [1.807, 2.05) is 6.92 Å². The monoisotopic (exact) mass is 543 g/mol. The largest absolute Gasteiger partial charge is 0.466 e. The Morgan fingerprint density at radius 1 is 1.19 bits per heavy atom. The van der Waals surface area contributed by atoms with E-state index in [0.29, 0.717) is 6.61 Å². The molecule has 1 saturated heterocycles. The van der Waals surface area contributed by atoms with E-state index in [4.69, 9.17) is 14.5 Å². The van der Waals surface area contributed by atoms with Gasteiger partial charge >= 0.3 is 5.97 Å². The summed E-state index contributed by atoms with van der Waals surface area (Å²) in [7, 11) is 0. The predicted octanol–water partition coefficient (Wildman–Crippen LogP) is 4.33. The zero-order chi connectivity index (χ0) is 21.2. The third-order valence-corrected chi connectivity index (χ3v) is 5.95. The number of hydrogen-bond donors (Lipinski definition) is 1. The molecule has 1 aromatic rings. The van der Waals surface area contributed by atoms with Crippen LogP contribution in [0.5, 0.6) is 0 Å². The first-order chi connectivity index (χ1) is 14.7. The first kappa shape index (κ1) is 25.9. The van der Waals surface area contributed by atoms with Crippen molar-refractivity contribution in [1.29, 1.82) is 0 Å². The van der Waals surface area contributed by atoms with E-state index >= 15 is 0 Å². The average Bonchev–Trinajstić information content (AvgIpc) is 2.78. The van der Waals surface area contributed by atoms with Crippen LogP contribution in [0.1, 0.15) is 63.2 Å². The van der Waals surface area contributed by atoms with Gasteiger partial charge in [-0.2, -0.15) is 0 Å². The fraction of sp³-hybridized carbons (Fsp3) is 0.667. The number of carbonyl (C=O) groups excluding carboxylic acids is 1. The fourth-order valence-corrected chi connectivity index (χ4v) is 4.37. The van der Waals surface area contributed by atoms with Gasteiger partial charge in [-0.15, -0.1) is 24.0 Å². The van der Waals surface area contributed by atoms with Crippen LogP contribution in [0.15, 0.2) is 29.3 Å². The summed E-state index contributed by atoms with van der Waals surface area (Å²) in [5, 5.41) is 3.39. The van der Waals surface area contributed by atoms with E-state index in [1.54, 1.807) is 0 Å². The number of piperidine rings is 1. The standard InChI is InChI=1S/C24H37N3O3.HI/c1-3-25-24(27-16-13-20(14-17-27)23(28)29-4-2)26-15-8-18-30-22-12-7-10-19-9-5-6-11-21(19)22;/h5-6,9,11,20,22H,3-4,7-8,10,12-18H2,1-2H3,(H,25,26);1H. The molecule has 1 aliphatic heterocycles. The van der Waals surface area contributed by atoms with Crippen molar-refractivity contribution in [3.05, 3.63) is 35.4 Å². The smallest absolute Gasteiger partial charge is 0.309 e. The van der Waals surface area contributed by atoms with E-state index in [1.165, 1.54) is 24.0 Å². The number of halogens is 1. The number of esters is 1. The van der Waals surface area contributed by atoms with Gasteiger partial charge in [-0.3, -0.25) is 9.79 Å². The number of carbonyl (C=O) groups is 1. The molecule has 0 spiro atoms. The van der Waals surface area contributed by atoms with Gasteiger partial charge in [0.05, 0.1) is 18.6 Å². The van der Waals surface area contributed by atoms with Crippen LogP contribution in [-0.2, 0) is 20.7 Å². The lowest BCUT2D eigenvalue weighted by molar-refractivity contribution is -0.149. The summed E-state index contributed by atoms with van der Waals surface area (Å²) in [6.45, 7) is 8.39. The Balaban J connectivity index is 0.00000341. The lowest BCUT2D eigenvalue weighted by Crippen LogP contribution is -2.46. The van der Waals surface area contributed by atoms with Crippen molar-refractivity contribution in [3.63, 3.8) is 0 Å². The molecule has 1 heterocycles. The van der Waals surface area contributed by atoms with Crippen molar-refractivity contribution in [2.24, 2.45) is 10.9 Å². The normalized spacial score (nSPS) is 19.4. The molecule has 7 heteroatoms. The van der Waals surface area contributed by atoms with Gasteiger partial charge in [0.15, 0.2) is 5.96 Å². The highest BCUT2D eigenvalue weighted by atomic mass is 127. The van der Waals surface area contributed by atoms with Crippen LogP contribution in [0.3, 0.4) is 0 Å². The number of guanidine groups is 1. The molecule has 1 N–H and O–H groups in total. The molecule has 1 aromatic carbocycles. The number of nitrogens with zero attached hydrogens (tertiary/aromatic N) is 2. The molecule has 0 radical (unpaired) electrons. The number of aryl methyl sites for hydroxylation is 1. The first-order valence-electron chi connectivity index (χ1n) is 11.6. The molecule has 0 bridgehead atoms. The minimum atomic E-state index is -0.0551. The maximum atomic E-state index is 12.0. The summed E-state index contributed by atoms with van der Waals surface area (Å²) in [6.07, 6.45) is 6.27. The van der Waals surface area contributed by atoms with Crippen LogP contribution in [0, 0.1) is 5.92 Å². The zero-order valence-electron chi connectivity index (χ0n) is 19.0. The van der Waals surface area contributed by atoms with Crippen molar-refractivity contribution in [3.8, 4) is 0 Å². The molecule has 31 heavy (non-hydrogen) atoms. The van der Waals surface area contributed by atoms with E-state index in [2.05, 4.69) is 41.4 Å². The summed E-state index contributed by atoms with van der Waals surface area (Å²) in [5.41, 5.74) is 2.80. The molecule has 2 aliphatic rings. The molecular formula is C24H38IN3O3. The summed E-state index contributed by atoms with van der Waals surface area (Å²) in [6, 6.07) is 8.66. The Labute approximate surface area is 204 Å². The lowest BCUT2D eigenvalue weighted by atomic mass is 9.89. The number of ether oxygens (including phenoxy) is 2. The topological polar surface area (TPSA) is 63.2 Å². The molecule has 1 fully saturated rings. The predicted molar refractivity (Wildman–Crippen MR) is 135 cm³/mol. The Morgan fingerprint density at radius 3 is 2.71 bits per heavy atom. The molecule has 0 aromatic heterocycles. The van der Waals surface area contributed by atoms with Crippen molar-refractivity contribution in [2.75, 3.05) is 39.4 Å². The van der Waals surface area contributed by atoms with E-state index in [0.717, 1.165) is 64.4 Å². The van der Waals surface area contributed by atoms with Crippen molar-refractivity contribution >= 4 is 35.9 Å². The highest BCUT2D eigenvalue weighted by molar-refractivity contribution is 14.0. The maximum absolute atomic E-state index is 12.0. The minimum Gasteiger partial charge on any atom is -0.466 e. The van der Waals surface area contributed by atoms with Crippen molar-refractivity contribution < 1.29 is 14.3 Å². The summed E-state index contributed by atoms with van der Waals surface area (Å²) in [4.78, 5) is 19.0. The summed E-state index contributed by atoms with van der Waals surface area (Å²) in [5.74, 6) is 0.916. The van der Waals surface area contributed by atoms with E-state index in [-0.39, 0.29) is 42.0 Å². The highest BCUT2D eigenvalue weighted by Gasteiger charge is 2.27. The van der Waals surface area contributed by atoms with E-state index < -0.39 is 0 Å². The lowest BCUT2D eigenvalue weighted by Gasteiger charge is -2.33. The van der Waals surface area contributed by atoms with Gasteiger partial charge in [-0.05, 0) is 63.5 Å². The zero-order valence-corrected chi connectivity index (χ0v) is 21.3. The second kappa shape index (κ2) is 13.9. The Kier molecular flexibility index (Phi) is 11.6. The third kappa shape index (κ3) is 7.63. The second-order valence-corrected chi connectivity index (χ2v) is 8.05. The SMILES string of the molecule is CCNC(=NCCCOC1CCCc2ccccc21)N1CCC(C(=O)OCC)CC1.I. The second-order valence-electron chi connectivity index (χ2n) is 8.05. The van der Waals surface area contributed by atoms with Gasteiger partial charge in [0.1, 0.15) is 0 Å². The van der Waals surface area contributed by atoms with Crippen LogP contribution >= 0.6 is 24.0 Å². The Hall–Kier alpha value is -1.35. The van der Waals surface area contributed by atoms with Gasteiger partial charge in [-0.25, -0.2) is 0 Å². The van der Waals surface area contributed by atoms with Crippen LogP contribution in [0.25, 0.3) is 0 Å². The number of benzene rings is 1. The van der Waals surface area contributed by atoms with Gasteiger partial charge in [0.2, 0.25) is 0 Å². The maximum Gasteiger partial charge on any atom is 0.309 e. The number of nitrogens with one attached hydrogen (secondary N) is 1. The minimum absolute atomic E-state index is 0. The molecular weight excluding hydrogens is 505 g/mol. The Bertz CT molecular complexity index is 705. The average molecular weight is 543 g/mol. The van der Waals surface area contributed by atoms with Crippen LogP contribution in [-0.4, -0.2) is 56.2 Å². The number of rotatable bonds is 8. The van der Waals surface area contributed by atoms with Crippen LogP contribution < -0.4 is 5.32 Å². The molecule has 1 atom stereocenters. The summed E-state index contributed by atoms with van der Waals surface area (Å²) >= 11 is 0. The van der Waals surface area contributed by atoms with Gasteiger partial charge < -0.3 is 19.7 Å². The number of likely N-dealkylation sites (tertiary alicyclic amines) is 1. The number of hydrogen-bond acceptors (Lipinski definition) is 4.